The highest BCUT2D eigenvalue weighted by Gasteiger charge is 2.18. The van der Waals surface area contributed by atoms with Crippen molar-refractivity contribution in [1.82, 2.24) is 10.2 Å². The van der Waals surface area contributed by atoms with Crippen LogP contribution in [0.2, 0.25) is 5.02 Å². The van der Waals surface area contributed by atoms with Crippen LogP contribution >= 0.6 is 11.6 Å². The molecule has 1 aromatic rings. The Labute approximate surface area is 149 Å². The van der Waals surface area contributed by atoms with Gasteiger partial charge in [-0.3, -0.25) is 4.79 Å². The smallest absolute Gasteiger partial charge is 0.407 e. The normalized spacial score (nSPS) is 12.4. The number of carbonyl (C=O) groups excluding carboxylic acids is 2. The van der Waals surface area contributed by atoms with Crippen LogP contribution in [-0.2, 0) is 9.53 Å². The molecular formula is C18H27ClN2O3. The molecule has 6 heteroatoms. The quantitative estimate of drug-likeness (QED) is 0.780. The molecule has 1 N–H and O–H groups in total. The van der Waals surface area contributed by atoms with Crippen LogP contribution in [0.3, 0.4) is 0 Å². The zero-order chi connectivity index (χ0) is 18.3. The molecule has 0 spiro atoms. The molecule has 0 bridgehead atoms. The van der Waals surface area contributed by atoms with Gasteiger partial charge in [-0.2, -0.15) is 0 Å². The zero-order valence-corrected chi connectivity index (χ0v) is 15.8. The van der Waals surface area contributed by atoms with Crippen molar-refractivity contribution < 1.29 is 14.3 Å². The van der Waals surface area contributed by atoms with Gasteiger partial charge in [0, 0.05) is 25.0 Å². The van der Waals surface area contributed by atoms with Crippen molar-refractivity contribution in [3.05, 3.63) is 34.9 Å². The molecule has 0 saturated carbocycles. The Morgan fingerprint density at radius 3 is 2.38 bits per heavy atom. The van der Waals surface area contributed by atoms with Crippen LogP contribution in [0.15, 0.2) is 24.3 Å². The molecule has 0 heterocycles. The lowest BCUT2D eigenvalue weighted by atomic mass is 10.1. The first-order valence-corrected chi connectivity index (χ1v) is 8.46. The number of hydrogen-bond donors (Lipinski definition) is 1. The van der Waals surface area contributed by atoms with Crippen LogP contribution in [0.4, 0.5) is 4.79 Å². The molecule has 134 valence electrons. The van der Waals surface area contributed by atoms with Crippen molar-refractivity contribution in [2.24, 2.45) is 0 Å². The summed E-state index contributed by atoms with van der Waals surface area (Å²) in [6.07, 6.45) is 0.470. The highest BCUT2D eigenvalue weighted by Crippen LogP contribution is 2.21. The maximum absolute atomic E-state index is 12.3. The lowest BCUT2D eigenvalue weighted by Crippen LogP contribution is -2.34. The van der Waals surface area contributed by atoms with E-state index in [1.165, 1.54) is 0 Å². The molecule has 5 nitrogen and oxygen atoms in total. The van der Waals surface area contributed by atoms with Crippen molar-refractivity contribution in [1.29, 1.82) is 0 Å². The van der Waals surface area contributed by atoms with E-state index in [9.17, 15) is 9.59 Å². The molecule has 0 aliphatic rings. The molecule has 1 aromatic carbocycles. The Hall–Kier alpha value is -1.75. The minimum Gasteiger partial charge on any atom is -0.444 e. The molecule has 0 aliphatic carbocycles. The number of benzene rings is 1. The van der Waals surface area contributed by atoms with Crippen LogP contribution in [0.25, 0.3) is 0 Å². The summed E-state index contributed by atoms with van der Waals surface area (Å²) in [5.74, 6) is 0.0310. The standard InChI is InChI=1S/C18H27ClN2O3/c1-13(14-8-10-15(19)11-9-14)21(5)16(22)7-6-12-20-17(23)24-18(2,3)4/h8-11,13H,6-7,12H2,1-5H3,(H,20,23). The van der Waals surface area contributed by atoms with Gasteiger partial charge in [-0.1, -0.05) is 23.7 Å². The zero-order valence-electron chi connectivity index (χ0n) is 15.1. The van der Waals surface area contributed by atoms with Crippen LogP contribution < -0.4 is 5.32 Å². The summed E-state index contributed by atoms with van der Waals surface area (Å²) in [6, 6.07) is 7.43. The maximum atomic E-state index is 12.3. The summed E-state index contributed by atoms with van der Waals surface area (Å²) in [4.78, 5) is 25.5. The Morgan fingerprint density at radius 1 is 1.25 bits per heavy atom. The van der Waals surface area contributed by atoms with E-state index in [1.807, 2.05) is 52.0 Å². The van der Waals surface area contributed by atoms with E-state index >= 15 is 0 Å². The van der Waals surface area contributed by atoms with Crippen LogP contribution in [0.1, 0.15) is 52.1 Å². The van der Waals surface area contributed by atoms with Gasteiger partial charge in [0.05, 0.1) is 6.04 Å². The van der Waals surface area contributed by atoms with Crippen LogP contribution in [-0.4, -0.2) is 36.1 Å². The third kappa shape index (κ3) is 7.21. The maximum Gasteiger partial charge on any atom is 0.407 e. The lowest BCUT2D eigenvalue weighted by Gasteiger charge is -2.25. The Morgan fingerprint density at radius 2 is 1.83 bits per heavy atom. The molecule has 0 aromatic heterocycles. The summed E-state index contributed by atoms with van der Waals surface area (Å²) >= 11 is 5.88. The first-order chi connectivity index (χ1) is 11.1. The van der Waals surface area contributed by atoms with Crippen molar-refractivity contribution >= 4 is 23.6 Å². The SMILES string of the molecule is CC(c1ccc(Cl)cc1)N(C)C(=O)CCCNC(=O)OC(C)(C)C. The fourth-order valence-corrected chi connectivity index (χ4v) is 2.23. The molecule has 1 atom stereocenters. The number of hydrogen-bond acceptors (Lipinski definition) is 3. The van der Waals surface area contributed by atoms with E-state index in [-0.39, 0.29) is 11.9 Å². The summed E-state index contributed by atoms with van der Waals surface area (Å²) < 4.78 is 5.14. The average Bonchev–Trinajstić information content (AvgIpc) is 2.49. The number of carbonyl (C=O) groups is 2. The summed E-state index contributed by atoms with van der Waals surface area (Å²) in [5.41, 5.74) is 0.510. The number of ether oxygens (including phenoxy) is 1. The molecule has 24 heavy (non-hydrogen) atoms. The monoisotopic (exact) mass is 354 g/mol. The van der Waals surface area contributed by atoms with Crippen LogP contribution in [0, 0.1) is 0 Å². The topological polar surface area (TPSA) is 58.6 Å². The number of nitrogens with zero attached hydrogens (tertiary/aromatic N) is 1. The van der Waals surface area contributed by atoms with Gasteiger partial charge in [-0.05, 0) is 51.8 Å². The first-order valence-electron chi connectivity index (χ1n) is 8.08. The molecule has 0 fully saturated rings. The van der Waals surface area contributed by atoms with Gasteiger partial charge in [0.25, 0.3) is 0 Å². The largest absolute Gasteiger partial charge is 0.444 e. The number of rotatable bonds is 6. The Bertz CT molecular complexity index is 552. The van der Waals surface area contributed by atoms with Crippen molar-refractivity contribution in [3.63, 3.8) is 0 Å². The third-order valence-corrected chi connectivity index (χ3v) is 3.81. The number of halogens is 1. The summed E-state index contributed by atoms with van der Waals surface area (Å²) in [5, 5.41) is 3.33. The number of alkyl carbamates (subject to hydrolysis) is 1. The molecule has 1 rings (SSSR count). The van der Waals surface area contributed by atoms with E-state index in [2.05, 4.69) is 5.32 Å². The van der Waals surface area contributed by atoms with Gasteiger partial charge in [0.15, 0.2) is 0 Å². The highest BCUT2D eigenvalue weighted by molar-refractivity contribution is 6.30. The fraction of sp³-hybridized carbons (Fsp3) is 0.556. The second kappa shape index (κ2) is 8.92. The second-order valence-electron chi connectivity index (χ2n) is 6.76. The summed E-state index contributed by atoms with van der Waals surface area (Å²) in [6.45, 7) is 7.81. The van der Waals surface area contributed by atoms with Crippen molar-refractivity contribution in [3.8, 4) is 0 Å². The molecule has 2 amide bonds. The molecular weight excluding hydrogens is 328 g/mol. The van der Waals surface area contributed by atoms with Gasteiger partial charge >= 0.3 is 6.09 Å². The van der Waals surface area contributed by atoms with E-state index < -0.39 is 11.7 Å². The molecule has 0 radical (unpaired) electrons. The van der Waals surface area contributed by atoms with Gasteiger partial charge in [0.1, 0.15) is 5.60 Å². The van der Waals surface area contributed by atoms with E-state index in [4.69, 9.17) is 16.3 Å². The van der Waals surface area contributed by atoms with Gasteiger partial charge in [-0.15, -0.1) is 0 Å². The van der Waals surface area contributed by atoms with E-state index in [1.54, 1.807) is 11.9 Å². The van der Waals surface area contributed by atoms with Gasteiger partial charge in [-0.25, -0.2) is 4.79 Å². The minimum atomic E-state index is -0.520. The van der Waals surface area contributed by atoms with Gasteiger partial charge in [0.2, 0.25) is 5.91 Å². The molecule has 0 saturated heterocycles. The highest BCUT2D eigenvalue weighted by atomic mass is 35.5. The Balaban J connectivity index is 2.36. The molecule has 0 aliphatic heterocycles. The third-order valence-electron chi connectivity index (χ3n) is 3.56. The fourth-order valence-electron chi connectivity index (χ4n) is 2.10. The van der Waals surface area contributed by atoms with E-state index in [0.717, 1.165) is 5.56 Å². The van der Waals surface area contributed by atoms with E-state index in [0.29, 0.717) is 24.4 Å². The van der Waals surface area contributed by atoms with Crippen molar-refractivity contribution in [2.45, 2.75) is 52.2 Å². The number of nitrogens with one attached hydrogen (secondary N) is 1. The lowest BCUT2D eigenvalue weighted by molar-refractivity contribution is -0.131. The predicted octanol–water partition coefficient (Wildman–Crippen LogP) is 4.16. The average molecular weight is 355 g/mol. The number of amides is 2. The first kappa shape index (κ1) is 20.3. The molecule has 1 unspecified atom stereocenters. The van der Waals surface area contributed by atoms with Crippen molar-refractivity contribution in [2.75, 3.05) is 13.6 Å². The van der Waals surface area contributed by atoms with Crippen LogP contribution in [0.5, 0.6) is 0 Å². The Kier molecular flexibility index (Phi) is 7.55. The summed E-state index contributed by atoms with van der Waals surface area (Å²) in [7, 11) is 1.78. The van der Waals surface area contributed by atoms with Gasteiger partial charge < -0.3 is 15.0 Å². The second-order valence-corrected chi connectivity index (χ2v) is 7.20. The predicted molar refractivity (Wildman–Crippen MR) is 96.1 cm³/mol. The minimum absolute atomic E-state index is 0.0310.